The van der Waals surface area contributed by atoms with E-state index in [9.17, 15) is 19.5 Å². The van der Waals surface area contributed by atoms with Gasteiger partial charge in [0.15, 0.2) is 5.13 Å². The Morgan fingerprint density at radius 3 is 2.72 bits per heavy atom. The van der Waals surface area contributed by atoms with Crippen molar-refractivity contribution >= 4 is 51.7 Å². The Morgan fingerprint density at radius 1 is 1.26 bits per heavy atom. The molecule has 2 aliphatic rings. The fourth-order valence-corrected chi connectivity index (χ4v) is 6.49. The number of aliphatic carboxylic acids is 1. The van der Waals surface area contributed by atoms with Gasteiger partial charge in [0, 0.05) is 47.9 Å². The maximum absolute atomic E-state index is 15.4. The SMILES string of the molecule is CN(C(=O)C(CC(=O)O)CC1CCCC1)c1nc(-c2cc(Cl)ccc2-c2cnc3c(c2)CC(=O)N3C)c(F)s1. The predicted octanol–water partition coefficient (Wildman–Crippen LogP) is 5.82. The Kier molecular flexibility index (Phi) is 7.68. The first-order valence-electron chi connectivity index (χ1n) is 12.8. The van der Waals surface area contributed by atoms with E-state index in [2.05, 4.69) is 9.97 Å². The van der Waals surface area contributed by atoms with Crippen molar-refractivity contribution in [1.82, 2.24) is 9.97 Å². The summed E-state index contributed by atoms with van der Waals surface area (Å²) < 4.78 is 15.4. The van der Waals surface area contributed by atoms with Gasteiger partial charge in [-0.1, -0.05) is 54.7 Å². The van der Waals surface area contributed by atoms with Crippen LogP contribution in [0.2, 0.25) is 5.02 Å². The van der Waals surface area contributed by atoms with Crippen LogP contribution in [-0.4, -0.2) is 47.0 Å². The highest BCUT2D eigenvalue weighted by Crippen LogP contribution is 2.40. The van der Waals surface area contributed by atoms with E-state index in [0.29, 0.717) is 39.9 Å². The molecule has 2 amide bonds. The van der Waals surface area contributed by atoms with Crippen molar-refractivity contribution in [2.75, 3.05) is 23.9 Å². The van der Waals surface area contributed by atoms with Crippen LogP contribution in [0.1, 0.15) is 44.1 Å². The molecule has 1 aliphatic heterocycles. The molecule has 1 saturated carbocycles. The van der Waals surface area contributed by atoms with Gasteiger partial charge in [-0.3, -0.25) is 24.2 Å². The Balaban J connectivity index is 1.46. The van der Waals surface area contributed by atoms with Gasteiger partial charge in [0.05, 0.1) is 12.8 Å². The average Bonchev–Trinajstić information content (AvgIpc) is 3.62. The number of pyridine rings is 1. The first kappa shape index (κ1) is 27.2. The van der Waals surface area contributed by atoms with Crippen LogP contribution < -0.4 is 9.80 Å². The molecular weight excluding hydrogens is 543 g/mol. The monoisotopic (exact) mass is 570 g/mol. The van der Waals surface area contributed by atoms with E-state index in [4.69, 9.17) is 11.6 Å². The normalized spacial score (nSPS) is 16.0. The standard InChI is InChI=1S/C28H28ClFN4O4S/c1-33-22(35)11-16-10-18(14-31-26(16)33)20-8-7-19(29)13-21(20)24-25(30)39-28(32-24)34(2)27(38)17(12-23(36)37)9-15-5-3-4-6-15/h7-8,10,13-15,17H,3-6,9,11-12H2,1-2H3,(H,36,37). The molecule has 1 aliphatic carbocycles. The topological polar surface area (TPSA) is 104 Å². The second-order valence-corrected chi connectivity index (χ2v) is 11.6. The summed E-state index contributed by atoms with van der Waals surface area (Å²) in [6, 6.07) is 6.90. The number of hydrogen-bond acceptors (Lipinski definition) is 6. The minimum absolute atomic E-state index is 0.0337. The highest BCUT2D eigenvalue weighted by atomic mass is 35.5. The summed E-state index contributed by atoms with van der Waals surface area (Å²) in [5.41, 5.74) is 2.55. The number of fused-ring (bicyclic) bond motifs is 1. The lowest BCUT2D eigenvalue weighted by Gasteiger charge is -2.23. The van der Waals surface area contributed by atoms with Crippen molar-refractivity contribution < 1.29 is 23.9 Å². The summed E-state index contributed by atoms with van der Waals surface area (Å²) in [5, 5.41) is 9.35. The minimum Gasteiger partial charge on any atom is -0.481 e. The molecule has 1 atom stereocenters. The van der Waals surface area contributed by atoms with Crippen LogP contribution in [0, 0.1) is 17.0 Å². The summed E-state index contributed by atoms with van der Waals surface area (Å²) >= 11 is 7.02. The van der Waals surface area contributed by atoms with Crippen LogP contribution in [0.25, 0.3) is 22.4 Å². The number of amides is 2. The van der Waals surface area contributed by atoms with E-state index >= 15 is 4.39 Å². The number of carbonyl (C=O) groups excluding carboxylic acids is 2. The number of carboxylic acid groups (broad SMARTS) is 1. The minimum atomic E-state index is -1.04. The molecule has 0 saturated heterocycles. The van der Waals surface area contributed by atoms with Crippen molar-refractivity contribution in [2.45, 2.75) is 44.9 Å². The van der Waals surface area contributed by atoms with Gasteiger partial charge in [-0.15, -0.1) is 0 Å². The van der Waals surface area contributed by atoms with E-state index in [1.54, 1.807) is 31.4 Å². The maximum Gasteiger partial charge on any atom is 0.304 e. The maximum atomic E-state index is 15.4. The molecule has 3 heterocycles. The number of thiazole rings is 1. The van der Waals surface area contributed by atoms with Crippen molar-refractivity contribution in [3.63, 3.8) is 0 Å². The number of rotatable bonds is 8. The quantitative estimate of drug-likeness (QED) is 0.366. The number of benzene rings is 1. The highest BCUT2D eigenvalue weighted by molar-refractivity contribution is 7.14. The third-order valence-corrected chi connectivity index (χ3v) is 8.73. The van der Waals surface area contributed by atoms with Gasteiger partial charge in [0.2, 0.25) is 16.9 Å². The highest BCUT2D eigenvalue weighted by Gasteiger charge is 2.32. The fourth-order valence-electron chi connectivity index (χ4n) is 5.55. The third-order valence-electron chi connectivity index (χ3n) is 7.58. The summed E-state index contributed by atoms with van der Waals surface area (Å²) in [7, 11) is 3.18. The molecule has 2 aromatic heterocycles. The van der Waals surface area contributed by atoms with Gasteiger partial charge in [-0.25, -0.2) is 9.97 Å². The first-order valence-corrected chi connectivity index (χ1v) is 14.0. The number of hydrogen-bond donors (Lipinski definition) is 1. The molecular formula is C28H28ClFN4O4S. The van der Waals surface area contributed by atoms with E-state index < -0.39 is 17.0 Å². The van der Waals surface area contributed by atoms with Crippen molar-refractivity contribution in [2.24, 2.45) is 11.8 Å². The zero-order valence-corrected chi connectivity index (χ0v) is 23.2. The van der Waals surface area contributed by atoms with Crippen molar-refractivity contribution in [1.29, 1.82) is 0 Å². The molecule has 0 bridgehead atoms. The number of halogens is 2. The van der Waals surface area contributed by atoms with E-state index in [1.165, 1.54) is 16.8 Å². The van der Waals surface area contributed by atoms with Crippen LogP contribution >= 0.6 is 22.9 Å². The molecule has 5 rings (SSSR count). The number of carboxylic acids is 1. The molecule has 0 spiro atoms. The van der Waals surface area contributed by atoms with Gasteiger partial charge in [-0.2, -0.15) is 4.39 Å². The third kappa shape index (κ3) is 5.53. The molecule has 1 aromatic carbocycles. The molecule has 8 nitrogen and oxygen atoms in total. The number of anilines is 2. The van der Waals surface area contributed by atoms with Gasteiger partial charge < -0.3 is 5.11 Å². The second-order valence-electron chi connectivity index (χ2n) is 10.2. The smallest absolute Gasteiger partial charge is 0.304 e. The molecule has 204 valence electrons. The number of nitrogens with zero attached hydrogens (tertiary/aromatic N) is 4. The van der Waals surface area contributed by atoms with Crippen LogP contribution in [0.4, 0.5) is 15.3 Å². The van der Waals surface area contributed by atoms with E-state index in [-0.39, 0.29) is 35.5 Å². The Morgan fingerprint density at radius 2 is 2.00 bits per heavy atom. The summed E-state index contributed by atoms with van der Waals surface area (Å²) in [6.45, 7) is 0. The molecule has 11 heteroatoms. The molecule has 0 radical (unpaired) electrons. The molecule has 3 aromatic rings. The second kappa shape index (κ2) is 11.0. The lowest BCUT2D eigenvalue weighted by molar-refractivity contribution is -0.140. The van der Waals surface area contributed by atoms with Gasteiger partial charge >= 0.3 is 5.97 Å². The molecule has 1 unspecified atom stereocenters. The zero-order chi connectivity index (χ0) is 27.8. The summed E-state index contributed by atoms with van der Waals surface area (Å²) in [5.74, 6) is -1.26. The van der Waals surface area contributed by atoms with Crippen LogP contribution in [0.5, 0.6) is 0 Å². The molecule has 39 heavy (non-hydrogen) atoms. The van der Waals surface area contributed by atoms with E-state index in [0.717, 1.165) is 42.6 Å². The summed E-state index contributed by atoms with van der Waals surface area (Å²) in [6.07, 6.45) is 6.23. The van der Waals surface area contributed by atoms with Crippen LogP contribution in [-0.2, 0) is 20.8 Å². The van der Waals surface area contributed by atoms with Gasteiger partial charge in [-0.05, 0) is 36.1 Å². The number of likely N-dealkylation sites (N-methyl/N-ethyl adjacent to an activating group) is 1. The largest absolute Gasteiger partial charge is 0.481 e. The lowest BCUT2D eigenvalue weighted by Crippen LogP contribution is -2.35. The van der Waals surface area contributed by atoms with Crippen LogP contribution in [0.3, 0.4) is 0 Å². The number of carbonyl (C=O) groups is 3. The first-order chi connectivity index (χ1) is 18.6. The Labute approximate surface area is 234 Å². The number of aromatic nitrogens is 2. The lowest BCUT2D eigenvalue weighted by atomic mass is 9.90. The van der Waals surface area contributed by atoms with Crippen LogP contribution in [0.15, 0.2) is 30.5 Å². The Bertz CT molecular complexity index is 1460. The van der Waals surface area contributed by atoms with Crippen molar-refractivity contribution in [3.8, 4) is 22.4 Å². The molecule has 1 fully saturated rings. The van der Waals surface area contributed by atoms with E-state index in [1.807, 2.05) is 6.07 Å². The van der Waals surface area contributed by atoms with Crippen molar-refractivity contribution in [3.05, 3.63) is 46.2 Å². The predicted molar refractivity (Wildman–Crippen MR) is 149 cm³/mol. The Hall–Kier alpha value is -3.37. The van der Waals surface area contributed by atoms with Gasteiger partial charge in [0.1, 0.15) is 11.5 Å². The van der Waals surface area contributed by atoms with Gasteiger partial charge in [0.25, 0.3) is 0 Å². The zero-order valence-electron chi connectivity index (χ0n) is 21.6. The molecule has 1 N–H and O–H groups in total. The average molecular weight is 571 g/mol. The summed E-state index contributed by atoms with van der Waals surface area (Å²) in [4.78, 5) is 48.7. The fraction of sp³-hybridized carbons (Fsp3) is 0.393.